The van der Waals surface area contributed by atoms with Crippen molar-refractivity contribution in [3.8, 4) is 0 Å². The fourth-order valence-corrected chi connectivity index (χ4v) is 1.51. The van der Waals surface area contributed by atoms with Crippen LogP contribution in [0.25, 0.3) is 0 Å². The summed E-state index contributed by atoms with van der Waals surface area (Å²) in [6.45, 7) is 3.99. The van der Waals surface area contributed by atoms with E-state index in [2.05, 4.69) is 5.32 Å². The number of anilines is 1. The number of amides is 2. The third-order valence-corrected chi connectivity index (χ3v) is 2.55. The number of rotatable bonds is 6. The number of benzene rings is 1. The molecule has 1 rings (SSSR count). The van der Waals surface area contributed by atoms with E-state index in [9.17, 15) is 4.79 Å². The Hall–Kier alpha value is -1.59. The lowest BCUT2D eigenvalue weighted by Crippen LogP contribution is -2.40. The van der Waals surface area contributed by atoms with Crippen molar-refractivity contribution in [1.82, 2.24) is 4.90 Å². The first kappa shape index (κ1) is 14.5. The molecule has 0 fully saturated rings. The minimum absolute atomic E-state index is 0.152. The Balaban J connectivity index is 2.57. The second-order valence-electron chi connectivity index (χ2n) is 4.06. The van der Waals surface area contributed by atoms with Crippen LogP contribution in [0, 0.1) is 6.92 Å². The summed E-state index contributed by atoms with van der Waals surface area (Å²) in [5, 5.41) is 2.84. The first-order valence-corrected chi connectivity index (χ1v) is 5.99. The highest BCUT2D eigenvalue weighted by molar-refractivity contribution is 5.89. The molecule has 0 spiro atoms. The lowest BCUT2D eigenvalue weighted by atomic mass is 10.2. The van der Waals surface area contributed by atoms with Crippen molar-refractivity contribution >= 4 is 11.7 Å². The number of nitrogens with one attached hydrogen (secondary N) is 1. The standard InChI is InChI=1S/C13H21N3O2/c1-11-3-5-12(6-4-11)15-13(17)16(8-7-14)9-10-18-2/h3-6H,7-10,14H2,1-2H3,(H,15,17). The van der Waals surface area contributed by atoms with E-state index in [4.69, 9.17) is 10.5 Å². The molecule has 100 valence electrons. The van der Waals surface area contributed by atoms with E-state index in [0.29, 0.717) is 26.2 Å². The van der Waals surface area contributed by atoms with E-state index in [1.54, 1.807) is 12.0 Å². The summed E-state index contributed by atoms with van der Waals surface area (Å²) in [5.41, 5.74) is 7.43. The molecule has 1 aromatic rings. The van der Waals surface area contributed by atoms with Gasteiger partial charge in [0, 0.05) is 32.4 Å². The summed E-state index contributed by atoms with van der Waals surface area (Å²) in [6, 6.07) is 7.52. The molecular formula is C13H21N3O2. The number of hydrogen-bond acceptors (Lipinski definition) is 3. The van der Waals surface area contributed by atoms with Gasteiger partial charge in [-0.05, 0) is 19.1 Å². The minimum Gasteiger partial charge on any atom is -0.383 e. The predicted molar refractivity (Wildman–Crippen MR) is 72.7 cm³/mol. The van der Waals surface area contributed by atoms with Crippen LogP contribution >= 0.6 is 0 Å². The van der Waals surface area contributed by atoms with Crippen LogP contribution in [0.1, 0.15) is 5.56 Å². The average Bonchev–Trinajstić information content (AvgIpc) is 2.37. The SMILES string of the molecule is COCCN(CCN)C(=O)Nc1ccc(C)cc1. The van der Waals surface area contributed by atoms with E-state index in [-0.39, 0.29) is 6.03 Å². The van der Waals surface area contributed by atoms with Crippen molar-refractivity contribution in [1.29, 1.82) is 0 Å². The van der Waals surface area contributed by atoms with Gasteiger partial charge in [0.25, 0.3) is 0 Å². The van der Waals surface area contributed by atoms with Gasteiger partial charge in [-0.3, -0.25) is 0 Å². The molecule has 0 bridgehead atoms. The number of nitrogens with two attached hydrogens (primary N) is 1. The van der Waals surface area contributed by atoms with E-state index in [1.807, 2.05) is 31.2 Å². The van der Waals surface area contributed by atoms with Gasteiger partial charge in [-0.15, -0.1) is 0 Å². The third-order valence-electron chi connectivity index (χ3n) is 2.55. The van der Waals surface area contributed by atoms with E-state index in [0.717, 1.165) is 11.3 Å². The van der Waals surface area contributed by atoms with Gasteiger partial charge in [0.05, 0.1) is 6.61 Å². The van der Waals surface area contributed by atoms with Gasteiger partial charge >= 0.3 is 6.03 Å². The molecular weight excluding hydrogens is 230 g/mol. The summed E-state index contributed by atoms with van der Waals surface area (Å²) in [4.78, 5) is 13.6. The van der Waals surface area contributed by atoms with Crippen molar-refractivity contribution in [2.45, 2.75) is 6.92 Å². The zero-order valence-corrected chi connectivity index (χ0v) is 11.0. The highest BCUT2D eigenvalue weighted by atomic mass is 16.5. The minimum atomic E-state index is -0.152. The molecule has 0 unspecified atom stereocenters. The van der Waals surface area contributed by atoms with E-state index >= 15 is 0 Å². The molecule has 2 amide bonds. The maximum atomic E-state index is 12.0. The van der Waals surface area contributed by atoms with Gasteiger partial charge in [-0.1, -0.05) is 17.7 Å². The van der Waals surface area contributed by atoms with Crippen LogP contribution in [-0.4, -0.2) is 44.3 Å². The smallest absolute Gasteiger partial charge is 0.321 e. The van der Waals surface area contributed by atoms with Crippen molar-refractivity contribution in [2.24, 2.45) is 5.73 Å². The molecule has 0 heterocycles. The number of carbonyl (C=O) groups excluding carboxylic acids is 1. The quantitative estimate of drug-likeness (QED) is 0.803. The third kappa shape index (κ3) is 4.73. The van der Waals surface area contributed by atoms with Gasteiger partial charge in [0.15, 0.2) is 0 Å². The van der Waals surface area contributed by atoms with Crippen LogP contribution in [0.5, 0.6) is 0 Å². The van der Waals surface area contributed by atoms with Gasteiger partial charge in [-0.25, -0.2) is 4.79 Å². The maximum Gasteiger partial charge on any atom is 0.321 e. The number of carbonyl (C=O) groups is 1. The Kier molecular flexibility index (Phi) is 6.18. The maximum absolute atomic E-state index is 12.0. The fourth-order valence-electron chi connectivity index (χ4n) is 1.51. The summed E-state index contributed by atoms with van der Waals surface area (Å²) in [6.07, 6.45) is 0. The monoisotopic (exact) mass is 251 g/mol. The zero-order valence-electron chi connectivity index (χ0n) is 11.0. The van der Waals surface area contributed by atoms with E-state index in [1.165, 1.54) is 0 Å². The van der Waals surface area contributed by atoms with Crippen molar-refractivity contribution in [3.63, 3.8) is 0 Å². The molecule has 0 radical (unpaired) electrons. The highest BCUT2D eigenvalue weighted by Gasteiger charge is 2.12. The van der Waals surface area contributed by atoms with Crippen LogP contribution in [0.15, 0.2) is 24.3 Å². The lowest BCUT2D eigenvalue weighted by Gasteiger charge is -2.22. The Morgan fingerprint density at radius 3 is 2.56 bits per heavy atom. The van der Waals surface area contributed by atoms with Crippen LogP contribution in [0.4, 0.5) is 10.5 Å². The number of methoxy groups -OCH3 is 1. The molecule has 5 nitrogen and oxygen atoms in total. The number of urea groups is 1. The molecule has 18 heavy (non-hydrogen) atoms. The normalized spacial score (nSPS) is 10.2. The first-order valence-electron chi connectivity index (χ1n) is 5.99. The van der Waals surface area contributed by atoms with Crippen molar-refractivity contribution < 1.29 is 9.53 Å². The zero-order chi connectivity index (χ0) is 13.4. The summed E-state index contributed by atoms with van der Waals surface area (Å²) in [7, 11) is 1.61. The highest BCUT2D eigenvalue weighted by Crippen LogP contribution is 2.09. The van der Waals surface area contributed by atoms with Gasteiger partial charge < -0.3 is 20.7 Å². The number of ether oxygens (including phenoxy) is 1. The molecule has 0 aliphatic rings. The van der Waals surface area contributed by atoms with Gasteiger partial charge in [-0.2, -0.15) is 0 Å². The predicted octanol–water partition coefficient (Wildman–Crippen LogP) is 1.43. The average molecular weight is 251 g/mol. The van der Waals surface area contributed by atoms with Crippen molar-refractivity contribution in [3.05, 3.63) is 29.8 Å². The Morgan fingerprint density at radius 1 is 1.33 bits per heavy atom. The molecule has 0 aliphatic heterocycles. The molecule has 0 aromatic heterocycles. The summed E-state index contributed by atoms with van der Waals surface area (Å²) < 4.78 is 4.97. The number of nitrogens with zero attached hydrogens (tertiary/aromatic N) is 1. The molecule has 1 aromatic carbocycles. The van der Waals surface area contributed by atoms with Crippen LogP contribution in [0.3, 0.4) is 0 Å². The van der Waals surface area contributed by atoms with Crippen molar-refractivity contribution in [2.75, 3.05) is 38.7 Å². The largest absolute Gasteiger partial charge is 0.383 e. The van der Waals surface area contributed by atoms with Crippen LogP contribution in [0.2, 0.25) is 0 Å². The van der Waals surface area contributed by atoms with Gasteiger partial charge in [0.2, 0.25) is 0 Å². The topological polar surface area (TPSA) is 67.6 Å². The Morgan fingerprint density at radius 2 is 2.00 bits per heavy atom. The Labute approximate surface area is 108 Å². The van der Waals surface area contributed by atoms with Crippen LogP contribution in [-0.2, 0) is 4.74 Å². The molecule has 0 aliphatic carbocycles. The molecule has 5 heteroatoms. The van der Waals surface area contributed by atoms with E-state index < -0.39 is 0 Å². The molecule has 0 atom stereocenters. The molecule has 3 N–H and O–H groups in total. The fraction of sp³-hybridized carbons (Fsp3) is 0.462. The lowest BCUT2D eigenvalue weighted by molar-refractivity contribution is 0.156. The number of aryl methyl sites for hydroxylation is 1. The second kappa shape index (κ2) is 7.68. The number of hydrogen-bond donors (Lipinski definition) is 2. The first-order chi connectivity index (χ1) is 8.67. The summed E-state index contributed by atoms with van der Waals surface area (Å²) >= 11 is 0. The molecule has 0 saturated heterocycles. The molecule has 0 saturated carbocycles. The summed E-state index contributed by atoms with van der Waals surface area (Å²) in [5.74, 6) is 0. The van der Waals surface area contributed by atoms with Gasteiger partial charge in [0.1, 0.15) is 0 Å². The second-order valence-corrected chi connectivity index (χ2v) is 4.06. The van der Waals surface area contributed by atoms with Crippen LogP contribution < -0.4 is 11.1 Å². The Bertz CT molecular complexity index is 365.